The second kappa shape index (κ2) is 5.91. The number of aryl methyl sites for hydroxylation is 1. The minimum atomic E-state index is -0.155. The van der Waals surface area contributed by atoms with Gasteiger partial charge in [0.15, 0.2) is 0 Å². The van der Waals surface area contributed by atoms with E-state index in [1.165, 1.54) is 0 Å². The molecule has 2 N–H and O–H groups in total. The molecule has 0 aliphatic carbocycles. The first-order valence-corrected chi connectivity index (χ1v) is 6.48. The zero-order valence-electron chi connectivity index (χ0n) is 10.8. The summed E-state index contributed by atoms with van der Waals surface area (Å²) in [5, 5.41) is 0. The molecule has 0 aromatic carbocycles. The first kappa shape index (κ1) is 13.0. The molecule has 2 rings (SSSR count). The first-order chi connectivity index (χ1) is 8.70. The van der Waals surface area contributed by atoms with Crippen molar-refractivity contribution in [2.24, 2.45) is 11.7 Å². The predicted molar refractivity (Wildman–Crippen MR) is 68.8 cm³/mol. The van der Waals surface area contributed by atoms with Gasteiger partial charge in [-0.25, -0.2) is 9.97 Å². The van der Waals surface area contributed by atoms with Crippen LogP contribution in [0.2, 0.25) is 0 Å². The zero-order valence-corrected chi connectivity index (χ0v) is 10.8. The SMILES string of the molecule is Cc1nccc(CC(CN)C(=O)N2CCCC2)n1. The van der Waals surface area contributed by atoms with Crippen LogP contribution in [-0.2, 0) is 11.2 Å². The Morgan fingerprint density at radius 2 is 2.22 bits per heavy atom. The maximum absolute atomic E-state index is 12.3. The molecule has 1 aromatic heterocycles. The topological polar surface area (TPSA) is 72.1 Å². The Hall–Kier alpha value is -1.49. The summed E-state index contributed by atoms with van der Waals surface area (Å²) < 4.78 is 0. The van der Waals surface area contributed by atoms with Gasteiger partial charge in [-0.2, -0.15) is 0 Å². The molecular formula is C13H20N4O. The van der Waals surface area contributed by atoms with Crippen molar-refractivity contribution in [1.29, 1.82) is 0 Å². The molecule has 5 nitrogen and oxygen atoms in total. The lowest BCUT2D eigenvalue weighted by Gasteiger charge is -2.21. The van der Waals surface area contributed by atoms with Gasteiger partial charge in [0.05, 0.1) is 5.92 Å². The number of rotatable bonds is 4. The van der Waals surface area contributed by atoms with Crippen molar-refractivity contribution in [3.05, 3.63) is 23.8 Å². The molecule has 2 heterocycles. The first-order valence-electron chi connectivity index (χ1n) is 6.48. The van der Waals surface area contributed by atoms with Crippen molar-refractivity contribution in [1.82, 2.24) is 14.9 Å². The lowest BCUT2D eigenvalue weighted by molar-refractivity contribution is -0.134. The Kier molecular flexibility index (Phi) is 4.25. The monoisotopic (exact) mass is 248 g/mol. The van der Waals surface area contributed by atoms with Gasteiger partial charge in [0, 0.05) is 37.9 Å². The second-order valence-electron chi connectivity index (χ2n) is 4.76. The van der Waals surface area contributed by atoms with Crippen LogP contribution in [0.25, 0.3) is 0 Å². The van der Waals surface area contributed by atoms with Gasteiger partial charge in [-0.3, -0.25) is 4.79 Å². The number of hydrogen-bond acceptors (Lipinski definition) is 4. The van der Waals surface area contributed by atoms with Crippen LogP contribution in [0.15, 0.2) is 12.3 Å². The number of likely N-dealkylation sites (tertiary alicyclic amines) is 1. The Morgan fingerprint density at radius 3 is 2.83 bits per heavy atom. The highest BCUT2D eigenvalue weighted by Gasteiger charge is 2.25. The van der Waals surface area contributed by atoms with E-state index in [0.29, 0.717) is 13.0 Å². The smallest absolute Gasteiger partial charge is 0.227 e. The lowest BCUT2D eigenvalue weighted by Crippen LogP contribution is -2.38. The fourth-order valence-corrected chi connectivity index (χ4v) is 2.34. The standard InChI is InChI=1S/C13H20N4O/c1-10-15-5-4-12(16-10)8-11(9-14)13(18)17-6-2-3-7-17/h4-5,11H,2-3,6-9,14H2,1H3. The summed E-state index contributed by atoms with van der Waals surface area (Å²) in [5.41, 5.74) is 6.63. The van der Waals surface area contributed by atoms with E-state index in [0.717, 1.165) is 37.4 Å². The van der Waals surface area contributed by atoms with Crippen LogP contribution >= 0.6 is 0 Å². The summed E-state index contributed by atoms with van der Waals surface area (Å²) >= 11 is 0. The van der Waals surface area contributed by atoms with Crippen LogP contribution in [0.5, 0.6) is 0 Å². The number of nitrogens with zero attached hydrogens (tertiary/aromatic N) is 3. The van der Waals surface area contributed by atoms with Crippen LogP contribution in [-0.4, -0.2) is 40.4 Å². The molecule has 1 amide bonds. The molecule has 0 saturated carbocycles. The molecule has 0 bridgehead atoms. The van der Waals surface area contributed by atoms with Crippen molar-refractivity contribution in [3.8, 4) is 0 Å². The fraction of sp³-hybridized carbons (Fsp3) is 0.615. The molecule has 1 aromatic rings. The minimum absolute atomic E-state index is 0.155. The van der Waals surface area contributed by atoms with Gasteiger partial charge in [0.2, 0.25) is 5.91 Å². The maximum atomic E-state index is 12.3. The van der Waals surface area contributed by atoms with E-state index in [1.54, 1.807) is 6.20 Å². The normalized spacial score (nSPS) is 16.9. The van der Waals surface area contributed by atoms with Crippen molar-refractivity contribution in [2.45, 2.75) is 26.2 Å². The number of amides is 1. The molecule has 5 heteroatoms. The lowest BCUT2D eigenvalue weighted by atomic mass is 10.0. The fourth-order valence-electron chi connectivity index (χ4n) is 2.34. The van der Waals surface area contributed by atoms with Crippen molar-refractivity contribution in [3.63, 3.8) is 0 Å². The molecule has 18 heavy (non-hydrogen) atoms. The summed E-state index contributed by atoms with van der Waals surface area (Å²) in [7, 11) is 0. The molecular weight excluding hydrogens is 228 g/mol. The Bertz CT molecular complexity index is 415. The van der Waals surface area contributed by atoms with Crippen LogP contribution < -0.4 is 5.73 Å². The molecule has 1 fully saturated rings. The third kappa shape index (κ3) is 3.04. The number of carbonyl (C=O) groups is 1. The van der Waals surface area contributed by atoms with E-state index in [1.807, 2.05) is 17.9 Å². The Morgan fingerprint density at radius 1 is 1.50 bits per heavy atom. The molecule has 0 spiro atoms. The number of nitrogens with two attached hydrogens (primary N) is 1. The summed E-state index contributed by atoms with van der Waals surface area (Å²) in [4.78, 5) is 22.6. The summed E-state index contributed by atoms with van der Waals surface area (Å²) in [5.74, 6) is 0.751. The summed E-state index contributed by atoms with van der Waals surface area (Å²) in [6, 6.07) is 1.85. The van der Waals surface area contributed by atoms with Crippen LogP contribution in [0.3, 0.4) is 0 Å². The highest BCUT2D eigenvalue weighted by Crippen LogP contribution is 2.14. The number of aromatic nitrogens is 2. The Balaban J connectivity index is 2.02. The third-order valence-electron chi connectivity index (χ3n) is 3.34. The van der Waals surface area contributed by atoms with E-state index in [-0.39, 0.29) is 11.8 Å². The van der Waals surface area contributed by atoms with Gasteiger partial charge in [-0.1, -0.05) is 0 Å². The Labute approximate surface area is 107 Å². The second-order valence-corrected chi connectivity index (χ2v) is 4.76. The average molecular weight is 248 g/mol. The summed E-state index contributed by atoms with van der Waals surface area (Å²) in [6.45, 7) is 3.97. The van der Waals surface area contributed by atoms with Gasteiger partial charge in [0.25, 0.3) is 0 Å². The molecule has 1 aliphatic heterocycles. The van der Waals surface area contributed by atoms with Crippen molar-refractivity contribution < 1.29 is 4.79 Å². The van der Waals surface area contributed by atoms with E-state index in [4.69, 9.17) is 5.73 Å². The molecule has 1 atom stereocenters. The predicted octanol–water partition coefficient (Wildman–Crippen LogP) is 0.525. The van der Waals surface area contributed by atoms with E-state index in [9.17, 15) is 4.79 Å². The molecule has 98 valence electrons. The zero-order chi connectivity index (χ0) is 13.0. The van der Waals surface area contributed by atoms with Crippen molar-refractivity contribution >= 4 is 5.91 Å². The van der Waals surface area contributed by atoms with Crippen LogP contribution in [0.1, 0.15) is 24.4 Å². The average Bonchev–Trinajstić information content (AvgIpc) is 2.89. The van der Waals surface area contributed by atoms with E-state index in [2.05, 4.69) is 9.97 Å². The minimum Gasteiger partial charge on any atom is -0.342 e. The van der Waals surface area contributed by atoms with Gasteiger partial charge in [0.1, 0.15) is 5.82 Å². The summed E-state index contributed by atoms with van der Waals surface area (Å²) in [6.07, 6.45) is 4.55. The van der Waals surface area contributed by atoms with E-state index >= 15 is 0 Å². The van der Waals surface area contributed by atoms with Gasteiger partial charge in [-0.05, 0) is 25.8 Å². The molecule has 0 radical (unpaired) electrons. The third-order valence-corrected chi connectivity index (χ3v) is 3.34. The van der Waals surface area contributed by atoms with Gasteiger partial charge in [-0.15, -0.1) is 0 Å². The highest BCUT2D eigenvalue weighted by atomic mass is 16.2. The van der Waals surface area contributed by atoms with Crippen LogP contribution in [0.4, 0.5) is 0 Å². The molecule has 1 unspecified atom stereocenters. The van der Waals surface area contributed by atoms with Crippen molar-refractivity contribution in [2.75, 3.05) is 19.6 Å². The maximum Gasteiger partial charge on any atom is 0.227 e. The molecule has 1 aliphatic rings. The molecule has 1 saturated heterocycles. The highest BCUT2D eigenvalue weighted by molar-refractivity contribution is 5.79. The largest absolute Gasteiger partial charge is 0.342 e. The van der Waals surface area contributed by atoms with Crippen LogP contribution in [0, 0.1) is 12.8 Å². The number of hydrogen-bond donors (Lipinski definition) is 1. The number of carbonyl (C=O) groups excluding carboxylic acids is 1. The van der Waals surface area contributed by atoms with E-state index < -0.39 is 0 Å². The van der Waals surface area contributed by atoms with Gasteiger partial charge >= 0.3 is 0 Å². The quantitative estimate of drug-likeness (QED) is 0.843. The van der Waals surface area contributed by atoms with Gasteiger partial charge < -0.3 is 10.6 Å².